The molecule has 0 radical (unpaired) electrons. The van der Waals surface area contributed by atoms with Gasteiger partial charge in [0.15, 0.2) is 5.75 Å². The van der Waals surface area contributed by atoms with Crippen molar-refractivity contribution in [1.29, 1.82) is 0 Å². The number of nitrogens with zero attached hydrogens (tertiary/aromatic N) is 2. The number of aryl methyl sites for hydroxylation is 1. The fourth-order valence-corrected chi connectivity index (χ4v) is 1.98. The van der Waals surface area contributed by atoms with E-state index in [-0.39, 0.29) is 0 Å². The predicted octanol–water partition coefficient (Wildman–Crippen LogP) is 2.20. The van der Waals surface area contributed by atoms with E-state index in [0.717, 1.165) is 31.1 Å². The van der Waals surface area contributed by atoms with Crippen molar-refractivity contribution in [2.45, 2.75) is 13.5 Å². The maximum atomic E-state index is 5.75. The van der Waals surface area contributed by atoms with E-state index in [0.29, 0.717) is 5.92 Å². The average molecular weight is 243 g/mol. The Morgan fingerprint density at radius 1 is 1.28 bits per heavy atom. The Bertz CT molecular complexity index is 514. The van der Waals surface area contributed by atoms with Gasteiger partial charge in [0, 0.05) is 25.6 Å². The Morgan fingerprint density at radius 3 is 2.72 bits per heavy atom. The first-order valence-corrected chi connectivity index (χ1v) is 6.27. The first-order chi connectivity index (χ1) is 8.79. The maximum Gasteiger partial charge on any atom is 0.165 e. The van der Waals surface area contributed by atoms with Crippen molar-refractivity contribution in [3.63, 3.8) is 0 Å². The molecule has 1 aliphatic heterocycles. The molecule has 1 saturated heterocycles. The Labute approximate surface area is 107 Å². The van der Waals surface area contributed by atoms with Gasteiger partial charge >= 0.3 is 0 Å². The molecule has 0 spiro atoms. The number of hydrogen-bond acceptors (Lipinski definition) is 3. The van der Waals surface area contributed by atoms with Crippen LogP contribution in [0.25, 0.3) is 0 Å². The standard InChI is InChI=1S/C14H17N3O/c1-11-2-4-13(5-3-11)18-14-8-16-17(10-14)9-12-6-15-7-12/h2-5,8,10,12,15H,6-7,9H2,1H3. The van der Waals surface area contributed by atoms with Crippen LogP contribution in [0.1, 0.15) is 5.56 Å². The van der Waals surface area contributed by atoms with Gasteiger partial charge in [0.05, 0.1) is 12.4 Å². The molecule has 0 aliphatic carbocycles. The minimum Gasteiger partial charge on any atom is -0.454 e. The van der Waals surface area contributed by atoms with Crippen LogP contribution in [0.4, 0.5) is 0 Å². The van der Waals surface area contributed by atoms with Gasteiger partial charge in [-0.05, 0) is 19.1 Å². The lowest BCUT2D eigenvalue weighted by Gasteiger charge is -2.26. The van der Waals surface area contributed by atoms with Crippen LogP contribution >= 0.6 is 0 Å². The summed E-state index contributed by atoms with van der Waals surface area (Å²) < 4.78 is 7.70. The second-order valence-electron chi connectivity index (χ2n) is 4.84. The number of nitrogens with one attached hydrogen (secondary N) is 1. The van der Waals surface area contributed by atoms with Crippen LogP contribution in [0.5, 0.6) is 11.5 Å². The van der Waals surface area contributed by atoms with E-state index in [4.69, 9.17) is 4.74 Å². The van der Waals surface area contributed by atoms with E-state index < -0.39 is 0 Å². The molecule has 2 heterocycles. The first kappa shape index (κ1) is 11.3. The predicted molar refractivity (Wildman–Crippen MR) is 69.8 cm³/mol. The van der Waals surface area contributed by atoms with Crippen molar-refractivity contribution in [2.75, 3.05) is 13.1 Å². The number of aromatic nitrogens is 2. The van der Waals surface area contributed by atoms with E-state index in [1.54, 1.807) is 6.20 Å². The fraction of sp³-hybridized carbons (Fsp3) is 0.357. The smallest absolute Gasteiger partial charge is 0.165 e. The fourth-order valence-electron chi connectivity index (χ4n) is 1.98. The van der Waals surface area contributed by atoms with Gasteiger partial charge in [-0.15, -0.1) is 0 Å². The monoisotopic (exact) mass is 243 g/mol. The third-order valence-electron chi connectivity index (χ3n) is 3.18. The third kappa shape index (κ3) is 2.54. The number of hydrogen-bond donors (Lipinski definition) is 1. The molecule has 0 amide bonds. The third-order valence-corrected chi connectivity index (χ3v) is 3.18. The van der Waals surface area contributed by atoms with Gasteiger partial charge in [0.1, 0.15) is 5.75 Å². The summed E-state index contributed by atoms with van der Waals surface area (Å²) in [6.45, 7) is 5.21. The molecule has 0 atom stereocenters. The minimum atomic E-state index is 0.706. The Morgan fingerprint density at radius 2 is 2.06 bits per heavy atom. The van der Waals surface area contributed by atoms with Gasteiger partial charge < -0.3 is 10.1 Å². The van der Waals surface area contributed by atoms with Gasteiger partial charge in [0.25, 0.3) is 0 Å². The number of rotatable bonds is 4. The van der Waals surface area contributed by atoms with Crippen LogP contribution in [0.15, 0.2) is 36.7 Å². The van der Waals surface area contributed by atoms with Crippen LogP contribution in [-0.4, -0.2) is 22.9 Å². The molecule has 3 rings (SSSR count). The van der Waals surface area contributed by atoms with Crippen molar-refractivity contribution < 1.29 is 4.74 Å². The van der Waals surface area contributed by atoms with E-state index in [1.165, 1.54) is 5.56 Å². The molecule has 1 N–H and O–H groups in total. The van der Waals surface area contributed by atoms with Gasteiger partial charge in [-0.3, -0.25) is 4.68 Å². The van der Waals surface area contributed by atoms with E-state index in [2.05, 4.69) is 17.3 Å². The Balaban J connectivity index is 1.63. The minimum absolute atomic E-state index is 0.706. The molecule has 1 aromatic heterocycles. The summed E-state index contributed by atoms with van der Waals surface area (Å²) in [5, 5.41) is 7.58. The molecule has 0 unspecified atom stereocenters. The van der Waals surface area contributed by atoms with E-state index in [9.17, 15) is 0 Å². The zero-order valence-electron chi connectivity index (χ0n) is 10.5. The first-order valence-electron chi connectivity index (χ1n) is 6.27. The van der Waals surface area contributed by atoms with Crippen LogP contribution in [0.2, 0.25) is 0 Å². The molecule has 2 aromatic rings. The summed E-state index contributed by atoms with van der Waals surface area (Å²) in [6, 6.07) is 8.03. The zero-order valence-corrected chi connectivity index (χ0v) is 10.5. The van der Waals surface area contributed by atoms with Crippen molar-refractivity contribution in [3.8, 4) is 11.5 Å². The topological polar surface area (TPSA) is 39.1 Å². The summed E-state index contributed by atoms with van der Waals surface area (Å²) in [7, 11) is 0. The van der Waals surface area contributed by atoms with Crippen molar-refractivity contribution in [1.82, 2.24) is 15.1 Å². The highest BCUT2D eigenvalue weighted by molar-refractivity contribution is 5.30. The van der Waals surface area contributed by atoms with Crippen molar-refractivity contribution in [2.24, 2.45) is 5.92 Å². The summed E-state index contributed by atoms with van der Waals surface area (Å²) in [5.74, 6) is 2.36. The van der Waals surface area contributed by atoms with Gasteiger partial charge in [-0.25, -0.2) is 0 Å². The number of ether oxygens (including phenoxy) is 1. The van der Waals surface area contributed by atoms with Gasteiger partial charge in [-0.2, -0.15) is 5.10 Å². The summed E-state index contributed by atoms with van der Waals surface area (Å²) in [6.07, 6.45) is 3.73. The lowest BCUT2D eigenvalue weighted by molar-refractivity contribution is 0.295. The second kappa shape index (κ2) is 4.82. The van der Waals surface area contributed by atoms with Crippen LogP contribution < -0.4 is 10.1 Å². The molecule has 1 aromatic carbocycles. The SMILES string of the molecule is Cc1ccc(Oc2cnn(CC3CNC3)c2)cc1. The lowest BCUT2D eigenvalue weighted by atomic mass is 10.0. The van der Waals surface area contributed by atoms with Crippen LogP contribution in [0.3, 0.4) is 0 Å². The van der Waals surface area contributed by atoms with E-state index in [1.807, 2.05) is 35.1 Å². The average Bonchev–Trinajstić information content (AvgIpc) is 2.75. The molecule has 0 saturated carbocycles. The highest BCUT2D eigenvalue weighted by Crippen LogP contribution is 2.21. The molecular formula is C14H17N3O. The normalized spacial score (nSPS) is 15.4. The Kier molecular flexibility index (Phi) is 3.02. The van der Waals surface area contributed by atoms with Gasteiger partial charge in [0.2, 0.25) is 0 Å². The quantitative estimate of drug-likeness (QED) is 0.894. The molecule has 4 nitrogen and oxygen atoms in total. The molecule has 1 fully saturated rings. The highest BCUT2D eigenvalue weighted by Gasteiger charge is 2.17. The molecule has 0 bridgehead atoms. The van der Waals surface area contributed by atoms with Crippen molar-refractivity contribution >= 4 is 0 Å². The largest absolute Gasteiger partial charge is 0.454 e. The zero-order chi connectivity index (χ0) is 12.4. The molecular weight excluding hydrogens is 226 g/mol. The van der Waals surface area contributed by atoms with Crippen LogP contribution in [-0.2, 0) is 6.54 Å². The molecule has 4 heteroatoms. The molecule has 94 valence electrons. The lowest BCUT2D eigenvalue weighted by Crippen LogP contribution is -2.44. The number of benzene rings is 1. The maximum absolute atomic E-state index is 5.75. The van der Waals surface area contributed by atoms with Crippen molar-refractivity contribution in [3.05, 3.63) is 42.2 Å². The highest BCUT2D eigenvalue weighted by atomic mass is 16.5. The van der Waals surface area contributed by atoms with E-state index >= 15 is 0 Å². The summed E-state index contributed by atoms with van der Waals surface area (Å²) in [4.78, 5) is 0. The summed E-state index contributed by atoms with van der Waals surface area (Å²) >= 11 is 0. The van der Waals surface area contributed by atoms with Crippen LogP contribution in [0, 0.1) is 12.8 Å². The summed E-state index contributed by atoms with van der Waals surface area (Å²) in [5.41, 5.74) is 1.23. The second-order valence-corrected chi connectivity index (χ2v) is 4.84. The Hall–Kier alpha value is -1.81. The molecule has 18 heavy (non-hydrogen) atoms. The molecule has 1 aliphatic rings. The van der Waals surface area contributed by atoms with Gasteiger partial charge in [-0.1, -0.05) is 17.7 Å².